The maximum Gasteiger partial charge on any atom is -0.0348 e. The van der Waals surface area contributed by atoms with E-state index < -0.39 is 0 Å². The highest BCUT2D eigenvalue weighted by Crippen LogP contribution is 2.07. The third-order valence-electron chi connectivity index (χ3n) is 3.25. The molecule has 18 heavy (non-hydrogen) atoms. The van der Waals surface area contributed by atoms with Crippen molar-refractivity contribution < 1.29 is 0 Å². The lowest BCUT2D eigenvalue weighted by molar-refractivity contribution is 0.694. The lowest BCUT2D eigenvalue weighted by Crippen LogP contribution is -1.76. The largest absolute Gasteiger partial charge is 0.0845 e. The molecule has 0 aliphatic heterocycles. The molecule has 0 fully saturated rings. The minimum Gasteiger partial charge on any atom is -0.0845 e. The second-order valence-corrected chi connectivity index (χ2v) is 4.99. The van der Waals surface area contributed by atoms with Crippen LogP contribution in [-0.4, -0.2) is 0 Å². The van der Waals surface area contributed by atoms with Crippen LogP contribution in [0.2, 0.25) is 0 Å². The fourth-order valence-corrected chi connectivity index (χ4v) is 2.10. The van der Waals surface area contributed by atoms with Gasteiger partial charge in [0.25, 0.3) is 0 Å². The van der Waals surface area contributed by atoms with Crippen LogP contribution in [0.1, 0.15) is 64.2 Å². The Balaban J connectivity index is 2.25. The fraction of sp³-hybridized carbons (Fsp3) is 0.556. The van der Waals surface area contributed by atoms with Gasteiger partial charge in [-0.25, -0.2) is 0 Å². The van der Waals surface area contributed by atoms with Crippen LogP contribution in [-0.2, 0) is 0 Å². The second-order valence-electron chi connectivity index (χ2n) is 4.99. The van der Waals surface area contributed by atoms with Crippen molar-refractivity contribution in [2.45, 2.75) is 64.2 Å². The van der Waals surface area contributed by atoms with E-state index in [0.717, 1.165) is 0 Å². The van der Waals surface area contributed by atoms with Gasteiger partial charge in [-0.2, -0.15) is 0 Å². The first-order valence-electron chi connectivity index (χ1n) is 7.63. The summed E-state index contributed by atoms with van der Waals surface area (Å²) in [5, 5.41) is 0. The molecule has 0 aromatic heterocycles. The third-order valence-corrected chi connectivity index (χ3v) is 3.25. The van der Waals surface area contributed by atoms with Crippen LogP contribution in [0.5, 0.6) is 0 Å². The van der Waals surface area contributed by atoms with Gasteiger partial charge in [0.1, 0.15) is 0 Å². The fourth-order valence-electron chi connectivity index (χ4n) is 2.10. The first-order valence-corrected chi connectivity index (χ1v) is 7.63. The van der Waals surface area contributed by atoms with Crippen LogP contribution < -0.4 is 0 Å². The Morgan fingerprint density at radius 2 is 0.611 bits per heavy atom. The van der Waals surface area contributed by atoms with E-state index in [9.17, 15) is 0 Å². The third kappa shape index (κ3) is 10.1. The second kappa shape index (κ2) is 12.4. The van der Waals surface area contributed by atoms with Gasteiger partial charge in [0.05, 0.1) is 0 Å². The van der Waals surface area contributed by atoms with Gasteiger partial charge in [-0.15, -0.1) is 0 Å². The molecule has 0 saturated carbocycles. The summed E-state index contributed by atoms with van der Waals surface area (Å²) in [6, 6.07) is 0. The Labute approximate surface area is 113 Å². The molecular formula is C18H28. The van der Waals surface area contributed by atoms with E-state index in [1.54, 1.807) is 0 Å². The summed E-state index contributed by atoms with van der Waals surface area (Å²) < 4.78 is 0. The molecule has 0 saturated heterocycles. The van der Waals surface area contributed by atoms with Crippen LogP contribution >= 0.6 is 0 Å². The van der Waals surface area contributed by atoms with Crippen molar-refractivity contribution >= 4 is 0 Å². The van der Waals surface area contributed by atoms with Gasteiger partial charge in [0.15, 0.2) is 0 Å². The summed E-state index contributed by atoms with van der Waals surface area (Å²) in [6.07, 6.45) is 31.0. The lowest BCUT2D eigenvalue weighted by atomic mass is 10.1. The topological polar surface area (TPSA) is 0 Å². The zero-order valence-electron chi connectivity index (χ0n) is 11.7. The van der Waals surface area contributed by atoms with Crippen molar-refractivity contribution in [3.63, 3.8) is 0 Å². The molecule has 0 aromatic carbocycles. The molecule has 0 atom stereocenters. The molecular weight excluding hydrogens is 216 g/mol. The Hall–Kier alpha value is -1.04. The quantitative estimate of drug-likeness (QED) is 0.481. The molecule has 0 radical (unpaired) electrons. The molecule has 0 heteroatoms. The molecule has 0 bridgehead atoms. The summed E-state index contributed by atoms with van der Waals surface area (Å²) in [6.45, 7) is 0. The first kappa shape index (κ1) is 15.0. The summed E-state index contributed by atoms with van der Waals surface area (Å²) in [7, 11) is 0. The maximum absolute atomic E-state index is 2.30. The maximum atomic E-state index is 2.30. The average Bonchev–Trinajstić information content (AvgIpc) is 2.39. The van der Waals surface area contributed by atoms with Crippen LogP contribution in [0.25, 0.3) is 0 Å². The Kier molecular flexibility index (Phi) is 10.4. The van der Waals surface area contributed by atoms with Gasteiger partial charge < -0.3 is 0 Å². The summed E-state index contributed by atoms with van der Waals surface area (Å²) >= 11 is 0. The molecule has 1 aliphatic carbocycles. The molecule has 0 N–H and O–H groups in total. The van der Waals surface area contributed by atoms with E-state index >= 15 is 0 Å². The van der Waals surface area contributed by atoms with E-state index in [1.807, 2.05) is 0 Å². The SMILES string of the molecule is C1=CCCCCC/C=C/C=C/CCCCCC=C1. The Morgan fingerprint density at radius 1 is 0.333 bits per heavy atom. The first-order chi connectivity index (χ1) is 9.00. The molecule has 0 unspecified atom stereocenters. The smallest absolute Gasteiger partial charge is 0.0348 e. The summed E-state index contributed by atoms with van der Waals surface area (Å²) in [5.74, 6) is 0. The van der Waals surface area contributed by atoms with Crippen molar-refractivity contribution in [2.75, 3.05) is 0 Å². The van der Waals surface area contributed by atoms with Gasteiger partial charge in [0.2, 0.25) is 0 Å². The number of hydrogen-bond acceptors (Lipinski definition) is 0. The van der Waals surface area contributed by atoms with Gasteiger partial charge in [0, 0.05) is 0 Å². The molecule has 1 aliphatic rings. The van der Waals surface area contributed by atoms with Crippen LogP contribution in [0.4, 0.5) is 0 Å². The number of hydrogen-bond donors (Lipinski definition) is 0. The minimum absolute atomic E-state index is 1.23. The van der Waals surface area contributed by atoms with E-state index in [1.165, 1.54) is 64.2 Å². The zero-order valence-corrected chi connectivity index (χ0v) is 11.7. The molecule has 0 amide bonds. The molecule has 0 heterocycles. The summed E-state index contributed by atoms with van der Waals surface area (Å²) in [5.41, 5.74) is 0. The van der Waals surface area contributed by atoms with Crippen molar-refractivity contribution in [1.82, 2.24) is 0 Å². The standard InChI is InChI=1S/C18H28/c1-2-4-6-8-10-12-14-16-18-17-15-13-11-9-7-5-3-1/h1-4,15-18H,5-14H2/b3-1+,4-2+,17-15?,18-16?. The normalized spacial score (nSPS) is 24.0. The molecule has 100 valence electrons. The van der Waals surface area contributed by atoms with Crippen molar-refractivity contribution in [1.29, 1.82) is 0 Å². The molecule has 0 aromatic rings. The highest BCUT2D eigenvalue weighted by Gasteiger charge is 1.87. The Morgan fingerprint density at radius 3 is 0.889 bits per heavy atom. The zero-order chi connectivity index (χ0) is 12.7. The van der Waals surface area contributed by atoms with Crippen LogP contribution in [0.15, 0.2) is 48.6 Å². The van der Waals surface area contributed by atoms with E-state index in [-0.39, 0.29) is 0 Å². The summed E-state index contributed by atoms with van der Waals surface area (Å²) in [4.78, 5) is 0. The van der Waals surface area contributed by atoms with Gasteiger partial charge >= 0.3 is 0 Å². The highest BCUT2D eigenvalue weighted by molar-refractivity contribution is 5.03. The van der Waals surface area contributed by atoms with Crippen molar-refractivity contribution in [2.24, 2.45) is 0 Å². The number of allylic oxidation sites excluding steroid dienone is 8. The van der Waals surface area contributed by atoms with Gasteiger partial charge in [-0.3, -0.25) is 0 Å². The minimum atomic E-state index is 1.23. The molecule has 0 spiro atoms. The highest BCUT2D eigenvalue weighted by atomic mass is 13.9. The van der Waals surface area contributed by atoms with E-state index in [2.05, 4.69) is 48.6 Å². The van der Waals surface area contributed by atoms with E-state index in [4.69, 9.17) is 0 Å². The van der Waals surface area contributed by atoms with Crippen molar-refractivity contribution in [3.8, 4) is 0 Å². The average molecular weight is 244 g/mol. The van der Waals surface area contributed by atoms with Crippen LogP contribution in [0.3, 0.4) is 0 Å². The predicted molar refractivity (Wildman–Crippen MR) is 82.7 cm³/mol. The lowest BCUT2D eigenvalue weighted by Gasteiger charge is -1.96. The number of rotatable bonds is 0. The van der Waals surface area contributed by atoms with Crippen molar-refractivity contribution in [3.05, 3.63) is 48.6 Å². The van der Waals surface area contributed by atoms with E-state index in [0.29, 0.717) is 0 Å². The monoisotopic (exact) mass is 244 g/mol. The predicted octanol–water partition coefficient (Wildman–Crippen LogP) is 6.13. The molecule has 0 nitrogen and oxygen atoms in total. The molecule has 1 rings (SSSR count). The van der Waals surface area contributed by atoms with Crippen LogP contribution in [0, 0.1) is 0 Å². The van der Waals surface area contributed by atoms with Gasteiger partial charge in [-0.05, 0) is 51.4 Å². The Bertz CT molecular complexity index is 220. The van der Waals surface area contributed by atoms with Gasteiger partial charge in [-0.1, -0.05) is 61.4 Å².